The summed E-state index contributed by atoms with van der Waals surface area (Å²) in [6.07, 6.45) is 21.9. The molecule has 0 aromatic heterocycles. The van der Waals surface area contributed by atoms with Gasteiger partial charge in [0.1, 0.15) is 6.61 Å². The lowest BCUT2D eigenvalue weighted by atomic mass is 10.1. The molecule has 0 aromatic carbocycles. The van der Waals surface area contributed by atoms with Crippen LogP contribution in [0.15, 0.2) is 24.3 Å². The summed E-state index contributed by atoms with van der Waals surface area (Å²) in [5.74, 6) is -0.576. The van der Waals surface area contributed by atoms with Crippen molar-refractivity contribution in [1.29, 1.82) is 0 Å². The van der Waals surface area contributed by atoms with E-state index in [1.807, 2.05) is 6.08 Å². The highest BCUT2D eigenvalue weighted by atomic mass is 16.5. The number of rotatable bonds is 18. The maximum absolute atomic E-state index is 11.6. The first-order valence-electron chi connectivity index (χ1n) is 10.7. The van der Waals surface area contributed by atoms with Crippen LogP contribution in [-0.4, -0.2) is 29.6 Å². The molecule has 0 saturated heterocycles. The van der Waals surface area contributed by atoms with Crippen LogP contribution in [0.2, 0.25) is 0 Å². The van der Waals surface area contributed by atoms with Crippen molar-refractivity contribution < 1.29 is 19.4 Å². The Morgan fingerprint density at radius 1 is 0.852 bits per heavy atom. The molecule has 0 radical (unpaired) electrons. The standard InChI is InChI=1S/C23H40O4/c1-3-4-5-6-7-8-9-10-11-12-13-14-15-16-17-18-22(25)19-23(26)20-27-21(2)24/h7-8,17-18,23,26H,3-6,9-16,19-20H2,1-2H3/t23-/m1/s1. The fraction of sp³-hybridized carbons (Fsp3) is 0.739. The lowest BCUT2D eigenvalue weighted by Gasteiger charge is -2.07. The van der Waals surface area contributed by atoms with E-state index in [0.29, 0.717) is 0 Å². The minimum atomic E-state index is -0.919. The topological polar surface area (TPSA) is 63.6 Å². The summed E-state index contributed by atoms with van der Waals surface area (Å²) in [5, 5.41) is 9.56. The van der Waals surface area contributed by atoms with Crippen LogP contribution in [0.25, 0.3) is 0 Å². The number of hydrogen-bond donors (Lipinski definition) is 1. The van der Waals surface area contributed by atoms with Gasteiger partial charge in [-0.1, -0.05) is 63.7 Å². The number of aliphatic hydroxyl groups is 1. The molecular formula is C23H40O4. The first-order valence-corrected chi connectivity index (χ1v) is 10.7. The number of hydrogen-bond acceptors (Lipinski definition) is 4. The van der Waals surface area contributed by atoms with Crippen LogP contribution in [0.4, 0.5) is 0 Å². The smallest absolute Gasteiger partial charge is 0.302 e. The Labute approximate surface area is 166 Å². The molecule has 1 atom stereocenters. The van der Waals surface area contributed by atoms with Crippen molar-refractivity contribution in [3.63, 3.8) is 0 Å². The van der Waals surface area contributed by atoms with Gasteiger partial charge in [-0.05, 0) is 44.6 Å². The maximum Gasteiger partial charge on any atom is 0.302 e. The molecule has 0 aromatic rings. The first-order chi connectivity index (χ1) is 13.1. The van der Waals surface area contributed by atoms with Crippen molar-refractivity contribution in [3.8, 4) is 0 Å². The van der Waals surface area contributed by atoms with E-state index < -0.39 is 12.1 Å². The largest absolute Gasteiger partial charge is 0.463 e. The zero-order valence-electron chi connectivity index (χ0n) is 17.5. The van der Waals surface area contributed by atoms with E-state index in [-0.39, 0.29) is 18.8 Å². The Hall–Kier alpha value is -1.42. The lowest BCUT2D eigenvalue weighted by molar-refractivity contribution is -0.144. The molecule has 0 aliphatic rings. The summed E-state index contributed by atoms with van der Waals surface area (Å²) < 4.78 is 4.67. The molecule has 4 nitrogen and oxygen atoms in total. The van der Waals surface area contributed by atoms with E-state index in [1.165, 1.54) is 77.2 Å². The SMILES string of the molecule is CCCCCC=CCCCCCCCCC=CC(=O)C[C@@H](O)COC(C)=O. The Morgan fingerprint density at radius 3 is 1.93 bits per heavy atom. The van der Waals surface area contributed by atoms with Gasteiger partial charge in [0.05, 0.1) is 6.10 Å². The summed E-state index contributed by atoms with van der Waals surface area (Å²) in [6, 6.07) is 0. The van der Waals surface area contributed by atoms with Gasteiger partial charge in [0, 0.05) is 13.3 Å². The van der Waals surface area contributed by atoms with E-state index in [0.717, 1.165) is 12.8 Å². The van der Waals surface area contributed by atoms with Crippen molar-refractivity contribution >= 4 is 11.8 Å². The van der Waals surface area contributed by atoms with E-state index in [9.17, 15) is 14.7 Å². The predicted molar refractivity (Wildman–Crippen MR) is 112 cm³/mol. The fourth-order valence-electron chi connectivity index (χ4n) is 2.77. The van der Waals surface area contributed by atoms with Gasteiger partial charge >= 0.3 is 5.97 Å². The second-order valence-corrected chi connectivity index (χ2v) is 7.20. The summed E-state index contributed by atoms with van der Waals surface area (Å²) in [7, 11) is 0. The highest BCUT2D eigenvalue weighted by Gasteiger charge is 2.09. The third-order valence-electron chi connectivity index (χ3n) is 4.35. The number of aliphatic hydroxyl groups excluding tert-OH is 1. The van der Waals surface area contributed by atoms with Crippen LogP contribution < -0.4 is 0 Å². The second kappa shape index (κ2) is 19.3. The molecular weight excluding hydrogens is 340 g/mol. The molecule has 27 heavy (non-hydrogen) atoms. The van der Waals surface area contributed by atoms with Gasteiger partial charge in [-0.25, -0.2) is 0 Å². The summed E-state index contributed by atoms with van der Waals surface area (Å²) in [4.78, 5) is 22.3. The molecule has 0 fully saturated rings. The Morgan fingerprint density at radius 2 is 1.37 bits per heavy atom. The van der Waals surface area contributed by atoms with E-state index >= 15 is 0 Å². The molecule has 0 aliphatic heterocycles. The average molecular weight is 381 g/mol. The highest BCUT2D eigenvalue weighted by Crippen LogP contribution is 2.10. The summed E-state index contributed by atoms with van der Waals surface area (Å²) >= 11 is 0. The minimum absolute atomic E-state index is 0.00314. The molecule has 0 spiro atoms. The number of allylic oxidation sites excluding steroid dienone is 4. The van der Waals surface area contributed by atoms with Crippen LogP contribution in [-0.2, 0) is 14.3 Å². The molecule has 0 amide bonds. The number of carbonyl (C=O) groups is 2. The molecule has 1 N–H and O–H groups in total. The summed E-state index contributed by atoms with van der Waals surface area (Å²) in [5.41, 5.74) is 0. The van der Waals surface area contributed by atoms with E-state index in [2.05, 4.69) is 23.8 Å². The third kappa shape index (κ3) is 20.7. The molecule has 0 aliphatic carbocycles. The van der Waals surface area contributed by atoms with Crippen LogP contribution in [0.1, 0.15) is 97.3 Å². The zero-order valence-corrected chi connectivity index (χ0v) is 17.5. The average Bonchev–Trinajstić information content (AvgIpc) is 2.63. The molecule has 156 valence electrons. The van der Waals surface area contributed by atoms with Crippen LogP contribution in [0.3, 0.4) is 0 Å². The van der Waals surface area contributed by atoms with Crippen molar-refractivity contribution in [3.05, 3.63) is 24.3 Å². The van der Waals surface area contributed by atoms with Crippen molar-refractivity contribution in [2.45, 2.75) is 103 Å². The molecule has 0 unspecified atom stereocenters. The van der Waals surface area contributed by atoms with Crippen LogP contribution in [0.5, 0.6) is 0 Å². The molecule has 0 rings (SSSR count). The van der Waals surface area contributed by atoms with Gasteiger partial charge in [0.15, 0.2) is 5.78 Å². The Kier molecular flexibility index (Phi) is 18.3. The fourth-order valence-corrected chi connectivity index (χ4v) is 2.77. The van der Waals surface area contributed by atoms with Crippen LogP contribution >= 0.6 is 0 Å². The Bertz CT molecular complexity index is 426. The second-order valence-electron chi connectivity index (χ2n) is 7.20. The zero-order chi connectivity index (χ0) is 20.2. The molecule has 0 bridgehead atoms. The first kappa shape index (κ1) is 25.6. The van der Waals surface area contributed by atoms with E-state index in [4.69, 9.17) is 0 Å². The van der Waals surface area contributed by atoms with Gasteiger partial charge in [-0.3, -0.25) is 9.59 Å². The van der Waals surface area contributed by atoms with Gasteiger partial charge in [0.2, 0.25) is 0 Å². The van der Waals surface area contributed by atoms with Gasteiger partial charge in [-0.2, -0.15) is 0 Å². The van der Waals surface area contributed by atoms with Gasteiger partial charge < -0.3 is 9.84 Å². The lowest BCUT2D eigenvalue weighted by Crippen LogP contribution is -2.20. The Balaban J connectivity index is 3.41. The van der Waals surface area contributed by atoms with Crippen molar-refractivity contribution in [2.24, 2.45) is 0 Å². The summed E-state index contributed by atoms with van der Waals surface area (Å²) in [6.45, 7) is 3.39. The van der Waals surface area contributed by atoms with E-state index in [1.54, 1.807) is 0 Å². The molecule has 0 heterocycles. The minimum Gasteiger partial charge on any atom is -0.463 e. The maximum atomic E-state index is 11.6. The highest BCUT2D eigenvalue weighted by molar-refractivity contribution is 5.89. The monoisotopic (exact) mass is 380 g/mol. The normalized spacial score (nSPS) is 12.7. The van der Waals surface area contributed by atoms with Gasteiger partial charge in [0.25, 0.3) is 0 Å². The van der Waals surface area contributed by atoms with Crippen molar-refractivity contribution in [1.82, 2.24) is 0 Å². The number of ether oxygens (including phenoxy) is 1. The molecule has 0 saturated carbocycles. The molecule has 4 heteroatoms. The van der Waals surface area contributed by atoms with Gasteiger partial charge in [-0.15, -0.1) is 0 Å². The number of unbranched alkanes of at least 4 members (excludes halogenated alkanes) is 10. The van der Waals surface area contributed by atoms with Crippen LogP contribution in [0, 0.1) is 0 Å². The number of carbonyl (C=O) groups excluding carboxylic acids is 2. The third-order valence-corrected chi connectivity index (χ3v) is 4.35. The number of esters is 1. The van der Waals surface area contributed by atoms with Crippen molar-refractivity contribution in [2.75, 3.05) is 6.61 Å². The number of ketones is 1. The quantitative estimate of drug-likeness (QED) is 0.144. The predicted octanol–water partition coefficient (Wildman–Crippen LogP) is 5.68.